The molecule has 2 aromatic rings. The van der Waals surface area contributed by atoms with Crippen LogP contribution >= 0.6 is 11.8 Å². The van der Waals surface area contributed by atoms with Crippen molar-refractivity contribution in [3.05, 3.63) is 48.5 Å². The SMILES string of the molecule is CC(=O)Nc1ccc(SCC(=O)Nc2ccc(N3CCOCC3)cc2)cc1. The van der Waals surface area contributed by atoms with Gasteiger partial charge in [0, 0.05) is 42.0 Å². The number of benzene rings is 2. The fraction of sp³-hybridized carbons (Fsp3) is 0.300. The third-order valence-corrected chi connectivity index (χ3v) is 5.08. The molecule has 0 bridgehead atoms. The zero-order valence-corrected chi connectivity index (χ0v) is 16.1. The number of hydrogen-bond acceptors (Lipinski definition) is 5. The van der Waals surface area contributed by atoms with Crippen molar-refractivity contribution in [2.24, 2.45) is 0 Å². The van der Waals surface area contributed by atoms with Crippen LogP contribution in [0.1, 0.15) is 6.92 Å². The lowest BCUT2D eigenvalue weighted by molar-refractivity contribution is -0.114. The van der Waals surface area contributed by atoms with Crippen molar-refractivity contribution in [3.63, 3.8) is 0 Å². The first-order valence-electron chi connectivity index (χ1n) is 8.83. The van der Waals surface area contributed by atoms with Gasteiger partial charge in [-0.2, -0.15) is 0 Å². The predicted octanol–water partition coefficient (Wildman–Crippen LogP) is 3.21. The minimum absolute atomic E-state index is 0.0509. The molecule has 7 heteroatoms. The van der Waals surface area contributed by atoms with Crippen molar-refractivity contribution in [1.29, 1.82) is 0 Å². The minimum Gasteiger partial charge on any atom is -0.378 e. The molecule has 0 spiro atoms. The molecule has 0 unspecified atom stereocenters. The van der Waals surface area contributed by atoms with Gasteiger partial charge in [-0.15, -0.1) is 11.8 Å². The number of rotatable bonds is 6. The third kappa shape index (κ3) is 6.01. The molecule has 0 saturated carbocycles. The summed E-state index contributed by atoms with van der Waals surface area (Å²) in [5.74, 6) is 0.171. The first-order chi connectivity index (χ1) is 13.1. The van der Waals surface area contributed by atoms with Gasteiger partial charge in [0.05, 0.1) is 19.0 Å². The molecule has 1 aliphatic heterocycles. The molecule has 0 aromatic heterocycles. The summed E-state index contributed by atoms with van der Waals surface area (Å²) in [6, 6.07) is 15.3. The van der Waals surface area contributed by atoms with Crippen molar-refractivity contribution in [2.45, 2.75) is 11.8 Å². The van der Waals surface area contributed by atoms with E-state index < -0.39 is 0 Å². The Hall–Kier alpha value is -2.51. The maximum atomic E-state index is 12.2. The van der Waals surface area contributed by atoms with E-state index in [2.05, 4.69) is 15.5 Å². The molecule has 3 rings (SSSR count). The van der Waals surface area contributed by atoms with Crippen LogP contribution in [0.3, 0.4) is 0 Å². The number of anilines is 3. The molecule has 2 N–H and O–H groups in total. The summed E-state index contributed by atoms with van der Waals surface area (Å²) in [4.78, 5) is 26.4. The van der Waals surface area contributed by atoms with Crippen molar-refractivity contribution >= 4 is 40.6 Å². The van der Waals surface area contributed by atoms with E-state index in [0.29, 0.717) is 5.75 Å². The summed E-state index contributed by atoms with van der Waals surface area (Å²) in [6.45, 7) is 4.76. The van der Waals surface area contributed by atoms with E-state index in [1.807, 2.05) is 48.5 Å². The van der Waals surface area contributed by atoms with E-state index in [0.717, 1.165) is 48.3 Å². The second kappa shape index (κ2) is 9.43. The molecule has 6 nitrogen and oxygen atoms in total. The molecule has 1 aliphatic rings. The Kier molecular flexibility index (Phi) is 6.73. The molecule has 1 saturated heterocycles. The normalized spacial score (nSPS) is 13.9. The highest BCUT2D eigenvalue weighted by Crippen LogP contribution is 2.22. The molecule has 27 heavy (non-hydrogen) atoms. The van der Waals surface area contributed by atoms with Crippen LogP contribution < -0.4 is 15.5 Å². The number of hydrogen-bond donors (Lipinski definition) is 2. The average molecular weight is 385 g/mol. The summed E-state index contributed by atoms with van der Waals surface area (Å²) < 4.78 is 5.36. The highest BCUT2D eigenvalue weighted by molar-refractivity contribution is 8.00. The molecule has 1 heterocycles. The lowest BCUT2D eigenvalue weighted by atomic mass is 10.2. The van der Waals surface area contributed by atoms with Gasteiger partial charge in [0.15, 0.2) is 0 Å². The van der Waals surface area contributed by atoms with Crippen LogP contribution in [-0.2, 0) is 14.3 Å². The standard InChI is InChI=1S/C20H23N3O3S/c1-15(24)21-16-4-8-19(9-5-16)27-14-20(25)22-17-2-6-18(7-3-17)23-10-12-26-13-11-23/h2-9H,10-14H2,1H3,(H,21,24)(H,22,25). The molecular formula is C20H23N3O3S. The van der Waals surface area contributed by atoms with Crippen LogP contribution in [0.15, 0.2) is 53.4 Å². The molecule has 0 atom stereocenters. The van der Waals surface area contributed by atoms with Gasteiger partial charge in [-0.1, -0.05) is 0 Å². The fourth-order valence-corrected chi connectivity index (χ4v) is 3.46. The summed E-state index contributed by atoms with van der Waals surface area (Å²) in [5, 5.41) is 5.64. The Bertz CT molecular complexity index is 772. The highest BCUT2D eigenvalue weighted by atomic mass is 32.2. The number of carbonyl (C=O) groups excluding carboxylic acids is 2. The van der Waals surface area contributed by atoms with Gasteiger partial charge in [-0.05, 0) is 48.5 Å². The summed E-state index contributed by atoms with van der Waals surface area (Å²) >= 11 is 1.45. The quantitative estimate of drug-likeness (QED) is 0.747. The Balaban J connectivity index is 1.46. The Morgan fingerprint density at radius 3 is 2.19 bits per heavy atom. The summed E-state index contributed by atoms with van der Waals surface area (Å²) in [5.41, 5.74) is 2.68. The van der Waals surface area contributed by atoms with Crippen LogP contribution in [0.4, 0.5) is 17.1 Å². The van der Waals surface area contributed by atoms with Gasteiger partial charge in [-0.3, -0.25) is 9.59 Å². The largest absolute Gasteiger partial charge is 0.378 e. The zero-order valence-electron chi connectivity index (χ0n) is 15.2. The highest BCUT2D eigenvalue weighted by Gasteiger charge is 2.11. The molecule has 142 valence electrons. The first kappa shape index (κ1) is 19.3. The van der Waals surface area contributed by atoms with Gasteiger partial charge in [0.1, 0.15) is 0 Å². The first-order valence-corrected chi connectivity index (χ1v) is 9.82. The maximum Gasteiger partial charge on any atom is 0.234 e. The third-order valence-electron chi connectivity index (χ3n) is 4.07. The lowest BCUT2D eigenvalue weighted by Crippen LogP contribution is -2.36. The number of morpholine rings is 1. The van der Waals surface area contributed by atoms with Crippen LogP contribution in [-0.4, -0.2) is 43.9 Å². The van der Waals surface area contributed by atoms with Gasteiger partial charge in [0.2, 0.25) is 11.8 Å². The molecular weight excluding hydrogens is 362 g/mol. The van der Waals surface area contributed by atoms with Gasteiger partial charge in [0.25, 0.3) is 0 Å². The Morgan fingerprint density at radius 1 is 0.963 bits per heavy atom. The number of amides is 2. The topological polar surface area (TPSA) is 70.7 Å². The van der Waals surface area contributed by atoms with Crippen molar-refractivity contribution in [1.82, 2.24) is 0 Å². The molecule has 0 radical (unpaired) electrons. The Morgan fingerprint density at radius 2 is 1.56 bits per heavy atom. The number of thioether (sulfide) groups is 1. The number of nitrogens with one attached hydrogen (secondary N) is 2. The van der Waals surface area contributed by atoms with Gasteiger partial charge < -0.3 is 20.3 Å². The average Bonchev–Trinajstić information content (AvgIpc) is 2.68. The summed E-state index contributed by atoms with van der Waals surface area (Å²) in [7, 11) is 0. The van der Waals surface area contributed by atoms with E-state index in [-0.39, 0.29) is 11.8 Å². The fourth-order valence-electron chi connectivity index (χ4n) is 2.76. The smallest absolute Gasteiger partial charge is 0.234 e. The van der Waals surface area contributed by atoms with Gasteiger partial charge in [-0.25, -0.2) is 0 Å². The molecule has 0 aliphatic carbocycles. The van der Waals surface area contributed by atoms with Crippen LogP contribution in [0.25, 0.3) is 0 Å². The van der Waals surface area contributed by atoms with E-state index in [9.17, 15) is 9.59 Å². The second-order valence-corrected chi connectivity index (χ2v) is 7.24. The van der Waals surface area contributed by atoms with Crippen molar-refractivity contribution in [2.75, 3.05) is 47.6 Å². The van der Waals surface area contributed by atoms with E-state index in [1.54, 1.807) is 0 Å². The number of nitrogens with zero attached hydrogens (tertiary/aromatic N) is 1. The summed E-state index contributed by atoms with van der Waals surface area (Å²) in [6.07, 6.45) is 0. The Labute approximate surface area is 163 Å². The van der Waals surface area contributed by atoms with Crippen LogP contribution in [0.5, 0.6) is 0 Å². The second-order valence-electron chi connectivity index (χ2n) is 6.19. The van der Waals surface area contributed by atoms with Crippen molar-refractivity contribution in [3.8, 4) is 0 Å². The number of ether oxygens (including phenoxy) is 1. The molecule has 2 amide bonds. The van der Waals surface area contributed by atoms with Crippen molar-refractivity contribution < 1.29 is 14.3 Å². The monoisotopic (exact) mass is 385 g/mol. The molecule has 1 fully saturated rings. The van der Waals surface area contributed by atoms with E-state index in [1.165, 1.54) is 18.7 Å². The van der Waals surface area contributed by atoms with E-state index in [4.69, 9.17) is 4.74 Å². The van der Waals surface area contributed by atoms with Crippen LogP contribution in [0.2, 0.25) is 0 Å². The minimum atomic E-state index is -0.102. The molecule has 2 aromatic carbocycles. The zero-order chi connectivity index (χ0) is 19.1. The lowest BCUT2D eigenvalue weighted by Gasteiger charge is -2.28. The number of carbonyl (C=O) groups is 2. The predicted molar refractivity (Wildman–Crippen MR) is 110 cm³/mol. The van der Waals surface area contributed by atoms with E-state index >= 15 is 0 Å². The maximum absolute atomic E-state index is 12.2. The van der Waals surface area contributed by atoms with Crippen LogP contribution in [0, 0.1) is 0 Å². The van der Waals surface area contributed by atoms with Gasteiger partial charge >= 0.3 is 0 Å².